The summed E-state index contributed by atoms with van der Waals surface area (Å²) in [5.41, 5.74) is 8.46. The molecule has 0 amide bonds. The summed E-state index contributed by atoms with van der Waals surface area (Å²) in [6.45, 7) is 1.47. The Morgan fingerprint density at radius 1 is 1.82 bits per heavy atom. The molecule has 1 aromatic rings. The van der Waals surface area contributed by atoms with E-state index in [2.05, 4.69) is 4.98 Å². The summed E-state index contributed by atoms with van der Waals surface area (Å²) in [5, 5.41) is 0.965. The summed E-state index contributed by atoms with van der Waals surface area (Å²) in [4.78, 5) is 4.22. The van der Waals surface area contributed by atoms with Crippen LogP contribution in [0.4, 0.5) is 0 Å². The van der Waals surface area contributed by atoms with Crippen molar-refractivity contribution in [3.63, 3.8) is 0 Å². The molecule has 1 aliphatic rings. The molecular formula is C7H10N2OS. The molecule has 0 spiro atoms. The van der Waals surface area contributed by atoms with Crippen molar-refractivity contribution in [3.8, 4) is 5.06 Å². The largest absolute Gasteiger partial charge is 0.482 e. The lowest BCUT2D eigenvalue weighted by Crippen LogP contribution is -2.20. The van der Waals surface area contributed by atoms with Gasteiger partial charge in [0.05, 0.1) is 17.8 Å². The van der Waals surface area contributed by atoms with Gasteiger partial charge >= 0.3 is 0 Å². The fraction of sp³-hybridized carbons (Fsp3) is 0.571. The molecule has 1 aromatic heterocycles. The lowest BCUT2D eigenvalue weighted by molar-refractivity contribution is 0.274. The van der Waals surface area contributed by atoms with Gasteiger partial charge in [-0.05, 0) is 6.42 Å². The second-order valence-corrected chi connectivity index (χ2v) is 3.41. The third-order valence-corrected chi connectivity index (χ3v) is 2.68. The molecule has 2 N–H and O–H groups in total. The summed E-state index contributed by atoms with van der Waals surface area (Å²) in [6, 6.07) is 0. The van der Waals surface area contributed by atoms with Gasteiger partial charge in [0.2, 0.25) is 0 Å². The van der Waals surface area contributed by atoms with E-state index in [1.807, 2.05) is 5.51 Å². The number of hydrogen-bond donors (Lipinski definition) is 1. The van der Waals surface area contributed by atoms with Crippen molar-refractivity contribution in [2.45, 2.75) is 12.3 Å². The number of ether oxygens (including phenoxy) is 1. The lowest BCUT2D eigenvalue weighted by atomic mass is 10.0. The smallest absolute Gasteiger partial charge is 0.197 e. The second kappa shape index (κ2) is 2.79. The number of rotatable bonds is 1. The van der Waals surface area contributed by atoms with E-state index in [1.54, 1.807) is 11.3 Å². The van der Waals surface area contributed by atoms with E-state index in [-0.39, 0.29) is 0 Å². The van der Waals surface area contributed by atoms with Crippen LogP contribution in [0.2, 0.25) is 0 Å². The Hall–Kier alpha value is -0.610. The summed E-state index contributed by atoms with van der Waals surface area (Å²) < 4.78 is 5.40. The lowest BCUT2D eigenvalue weighted by Gasteiger charge is -2.19. The molecule has 1 unspecified atom stereocenters. The molecule has 4 heteroatoms. The number of nitrogens with zero attached hydrogens (tertiary/aromatic N) is 1. The van der Waals surface area contributed by atoms with Gasteiger partial charge in [-0.25, -0.2) is 4.98 Å². The summed E-state index contributed by atoms with van der Waals surface area (Å²) >= 11 is 1.56. The molecule has 0 saturated heterocycles. The van der Waals surface area contributed by atoms with Crippen LogP contribution in [-0.2, 0) is 0 Å². The van der Waals surface area contributed by atoms with Crippen molar-refractivity contribution >= 4 is 11.3 Å². The first-order valence-electron chi connectivity index (χ1n) is 3.68. The molecule has 2 heterocycles. The van der Waals surface area contributed by atoms with E-state index >= 15 is 0 Å². The number of aromatic nitrogens is 1. The number of nitrogens with two attached hydrogens (primary N) is 1. The van der Waals surface area contributed by atoms with Gasteiger partial charge < -0.3 is 10.5 Å². The van der Waals surface area contributed by atoms with Gasteiger partial charge in [-0.2, -0.15) is 0 Å². The average molecular weight is 170 g/mol. The van der Waals surface area contributed by atoms with E-state index in [9.17, 15) is 0 Å². The second-order valence-electron chi connectivity index (χ2n) is 2.59. The fourth-order valence-electron chi connectivity index (χ4n) is 1.28. The molecule has 0 bridgehead atoms. The zero-order chi connectivity index (χ0) is 7.68. The Morgan fingerprint density at radius 3 is 3.55 bits per heavy atom. The zero-order valence-corrected chi connectivity index (χ0v) is 6.93. The van der Waals surface area contributed by atoms with Crippen molar-refractivity contribution in [2.75, 3.05) is 13.2 Å². The Bertz CT molecular complexity index is 248. The minimum absolute atomic E-state index is 0.421. The van der Waals surface area contributed by atoms with Crippen LogP contribution in [0.25, 0.3) is 0 Å². The zero-order valence-electron chi connectivity index (χ0n) is 6.12. The van der Waals surface area contributed by atoms with Crippen LogP contribution in [0.15, 0.2) is 5.51 Å². The number of fused-ring (bicyclic) bond motifs is 1. The fourth-order valence-corrected chi connectivity index (χ4v) is 2.04. The van der Waals surface area contributed by atoms with Crippen molar-refractivity contribution in [3.05, 3.63) is 11.2 Å². The molecule has 0 saturated carbocycles. The Balaban J connectivity index is 2.32. The highest BCUT2D eigenvalue weighted by Gasteiger charge is 2.22. The van der Waals surface area contributed by atoms with Gasteiger partial charge in [-0.15, -0.1) is 0 Å². The molecule has 1 aliphatic heterocycles. The van der Waals surface area contributed by atoms with E-state index < -0.39 is 0 Å². The average Bonchev–Trinajstić information content (AvgIpc) is 2.50. The Morgan fingerprint density at radius 2 is 2.73 bits per heavy atom. The van der Waals surface area contributed by atoms with Crippen molar-refractivity contribution < 1.29 is 4.74 Å². The normalized spacial score (nSPS) is 22.5. The standard InChI is InChI=1S/C7H10N2OS/c8-3-5-1-2-10-7-6(5)9-4-11-7/h4-5H,1-3,8H2. The van der Waals surface area contributed by atoms with Gasteiger partial charge in [0.1, 0.15) is 0 Å². The predicted octanol–water partition coefficient (Wildman–Crippen LogP) is 0.968. The third-order valence-electron chi connectivity index (χ3n) is 1.93. The van der Waals surface area contributed by atoms with Gasteiger partial charge in [0.25, 0.3) is 0 Å². The maximum atomic E-state index is 5.59. The van der Waals surface area contributed by atoms with Crippen LogP contribution in [0.3, 0.4) is 0 Å². The molecule has 60 valence electrons. The van der Waals surface area contributed by atoms with Crippen LogP contribution in [-0.4, -0.2) is 18.1 Å². The molecule has 2 rings (SSSR count). The molecule has 0 fully saturated rings. The molecule has 0 aliphatic carbocycles. The minimum Gasteiger partial charge on any atom is -0.482 e. The summed E-state index contributed by atoms with van der Waals surface area (Å²) in [5.74, 6) is 0.421. The molecule has 1 atom stereocenters. The van der Waals surface area contributed by atoms with Gasteiger partial charge in [0.15, 0.2) is 5.06 Å². The quantitative estimate of drug-likeness (QED) is 0.683. The van der Waals surface area contributed by atoms with Crippen LogP contribution in [0, 0.1) is 0 Å². The Labute approximate surface area is 69.2 Å². The van der Waals surface area contributed by atoms with Crippen LogP contribution in [0.5, 0.6) is 5.06 Å². The number of thiazole rings is 1. The maximum Gasteiger partial charge on any atom is 0.197 e. The molecule has 11 heavy (non-hydrogen) atoms. The van der Waals surface area contributed by atoms with Crippen LogP contribution >= 0.6 is 11.3 Å². The van der Waals surface area contributed by atoms with Crippen LogP contribution in [0.1, 0.15) is 18.0 Å². The monoisotopic (exact) mass is 170 g/mol. The summed E-state index contributed by atoms with van der Waals surface area (Å²) in [6.07, 6.45) is 1.01. The van der Waals surface area contributed by atoms with E-state index in [4.69, 9.17) is 10.5 Å². The molecular weight excluding hydrogens is 160 g/mol. The first kappa shape index (κ1) is 7.06. The summed E-state index contributed by atoms with van der Waals surface area (Å²) in [7, 11) is 0. The molecule has 3 nitrogen and oxygen atoms in total. The van der Waals surface area contributed by atoms with Crippen molar-refractivity contribution in [1.82, 2.24) is 4.98 Å². The SMILES string of the molecule is NCC1CCOc2scnc21. The van der Waals surface area contributed by atoms with E-state index in [0.717, 1.165) is 23.8 Å². The minimum atomic E-state index is 0.421. The third kappa shape index (κ3) is 1.12. The van der Waals surface area contributed by atoms with E-state index in [1.165, 1.54) is 0 Å². The first-order valence-corrected chi connectivity index (χ1v) is 4.56. The van der Waals surface area contributed by atoms with Gasteiger partial charge in [-0.1, -0.05) is 11.3 Å². The van der Waals surface area contributed by atoms with Gasteiger partial charge in [0, 0.05) is 12.5 Å². The predicted molar refractivity (Wildman–Crippen MR) is 44.0 cm³/mol. The highest BCUT2D eigenvalue weighted by molar-refractivity contribution is 7.11. The highest BCUT2D eigenvalue weighted by atomic mass is 32.1. The van der Waals surface area contributed by atoms with E-state index in [0.29, 0.717) is 12.5 Å². The molecule has 0 aromatic carbocycles. The first-order chi connectivity index (χ1) is 5.42. The van der Waals surface area contributed by atoms with Crippen molar-refractivity contribution in [2.24, 2.45) is 5.73 Å². The topological polar surface area (TPSA) is 48.1 Å². The maximum absolute atomic E-state index is 5.59. The Kier molecular flexibility index (Phi) is 1.79. The van der Waals surface area contributed by atoms with Crippen molar-refractivity contribution in [1.29, 1.82) is 0 Å². The van der Waals surface area contributed by atoms with Crippen LogP contribution < -0.4 is 10.5 Å². The van der Waals surface area contributed by atoms with Gasteiger partial charge in [-0.3, -0.25) is 0 Å². The molecule has 0 radical (unpaired) electrons. The number of hydrogen-bond acceptors (Lipinski definition) is 4. The highest BCUT2D eigenvalue weighted by Crippen LogP contribution is 2.34.